The topological polar surface area (TPSA) is 136 Å². The Hall–Kier alpha value is -1.97. The van der Waals surface area contributed by atoms with Crippen molar-refractivity contribution < 1.29 is 27.9 Å². The lowest BCUT2D eigenvalue weighted by Gasteiger charge is -2.22. The molecule has 0 aromatic heterocycles. The van der Waals surface area contributed by atoms with E-state index in [9.17, 15) is 18.0 Å². The Kier molecular flexibility index (Phi) is 5.05. The highest BCUT2D eigenvalue weighted by molar-refractivity contribution is 7.89. The highest BCUT2D eigenvalue weighted by Gasteiger charge is 2.41. The van der Waals surface area contributed by atoms with E-state index in [1.165, 1.54) is 18.2 Å². The summed E-state index contributed by atoms with van der Waals surface area (Å²) in [7, 11) is -2.85. The van der Waals surface area contributed by atoms with Gasteiger partial charge in [-0.15, -0.1) is 0 Å². The number of carboxylic acids is 1. The Morgan fingerprint density at radius 3 is 2.43 bits per heavy atom. The molecular formula is C12H16N2O6S. The van der Waals surface area contributed by atoms with Crippen LogP contribution in [0.5, 0.6) is 0 Å². The smallest absolute Gasteiger partial charge is 0.345 e. The molecule has 0 spiro atoms. The molecule has 0 radical (unpaired) electrons. The number of nitrogens with two attached hydrogens (primary N) is 1. The van der Waals surface area contributed by atoms with Gasteiger partial charge in [0.05, 0.1) is 4.90 Å². The van der Waals surface area contributed by atoms with Crippen LogP contribution in [0, 0.1) is 0 Å². The van der Waals surface area contributed by atoms with Gasteiger partial charge in [-0.25, -0.2) is 18.4 Å². The van der Waals surface area contributed by atoms with Crippen molar-refractivity contribution in [2.75, 3.05) is 7.11 Å². The first kappa shape index (κ1) is 17.1. The SMILES string of the molecule is COC(C)(C(=O)O)C(=O)NCc1ccccc1S(N)(=O)=O. The van der Waals surface area contributed by atoms with E-state index in [1.807, 2.05) is 0 Å². The summed E-state index contributed by atoms with van der Waals surface area (Å²) in [6, 6.07) is 5.82. The number of carbonyl (C=O) groups is 2. The van der Waals surface area contributed by atoms with Crippen molar-refractivity contribution in [3.05, 3.63) is 29.8 Å². The highest BCUT2D eigenvalue weighted by atomic mass is 32.2. The molecule has 9 heteroatoms. The van der Waals surface area contributed by atoms with E-state index in [4.69, 9.17) is 15.0 Å². The second-order valence-electron chi connectivity index (χ2n) is 4.38. The molecule has 21 heavy (non-hydrogen) atoms. The lowest BCUT2D eigenvalue weighted by molar-refractivity contribution is -0.167. The molecule has 0 saturated heterocycles. The number of benzene rings is 1. The van der Waals surface area contributed by atoms with Gasteiger partial charge in [-0.1, -0.05) is 18.2 Å². The molecule has 0 aliphatic carbocycles. The number of primary sulfonamides is 1. The number of rotatable bonds is 6. The molecule has 0 bridgehead atoms. The maximum Gasteiger partial charge on any atom is 0.345 e. The molecule has 4 N–H and O–H groups in total. The van der Waals surface area contributed by atoms with Crippen molar-refractivity contribution in [1.82, 2.24) is 5.32 Å². The quantitative estimate of drug-likeness (QED) is 0.602. The van der Waals surface area contributed by atoms with Gasteiger partial charge >= 0.3 is 5.97 Å². The summed E-state index contributed by atoms with van der Waals surface area (Å²) in [5.41, 5.74) is -1.81. The fraction of sp³-hybridized carbons (Fsp3) is 0.333. The zero-order valence-electron chi connectivity index (χ0n) is 11.5. The Bertz CT molecular complexity index is 657. The lowest BCUT2D eigenvalue weighted by atomic mass is 10.1. The van der Waals surface area contributed by atoms with Crippen LogP contribution in [0.4, 0.5) is 0 Å². The van der Waals surface area contributed by atoms with E-state index >= 15 is 0 Å². The van der Waals surface area contributed by atoms with Gasteiger partial charge in [0.2, 0.25) is 15.6 Å². The Labute approximate surface area is 122 Å². The number of hydrogen-bond acceptors (Lipinski definition) is 5. The monoisotopic (exact) mass is 316 g/mol. The standard InChI is InChI=1S/C12H16N2O6S/c1-12(20-2,11(16)17)10(15)14-7-8-5-3-4-6-9(8)21(13,18)19/h3-6H,7H2,1-2H3,(H,14,15)(H,16,17)(H2,13,18,19). The molecule has 1 aromatic rings. The molecule has 1 aromatic carbocycles. The van der Waals surface area contributed by atoms with E-state index in [-0.39, 0.29) is 17.0 Å². The van der Waals surface area contributed by atoms with Crippen LogP contribution in [-0.4, -0.2) is 38.1 Å². The summed E-state index contributed by atoms with van der Waals surface area (Å²) in [5.74, 6) is -2.36. The van der Waals surface area contributed by atoms with Crippen LogP contribution in [-0.2, 0) is 30.9 Å². The summed E-state index contributed by atoms with van der Waals surface area (Å²) in [4.78, 5) is 22.8. The largest absolute Gasteiger partial charge is 0.479 e. The Balaban J connectivity index is 2.96. The molecule has 1 rings (SSSR count). The first-order chi connectivity index (χ1) is 9.63. The van der Waals surface area contributed by atoms with E-state index in [1.54, 1.807) is 6.07 Å². The predicted octanol–water partition coefficient (Wildman–Crippen LogP) is -0.560. The summed E-state index contributed by atoms with van der Waals surface area (Å²) in [6.45, 7) is 0.897. The molecule has 0 saturated carbocycles. The van der Waals surface area contributed by atoms with Gasteiger partial charge in [-0.3, -0.25) is 4.79 Å². The summed E-state index contributed by atoms with van der Waals surface area (Å²) in [5, 5.41) is 16.4. The maximum absolute atomic E-state index is 11.9. The number of sulfonamides is 1. The van der Waals surface area contributed by atoms with E-state index < -0.39 is 27.5 Å². The third kappa shape index (κ3) is 3.78. The Morgan fingerprint density at radius 1 is 1.38 bits per heavy atom. The molecule has 0 fully saturated rings. The summed E-state index contributed by atoms with van der Waals surface area (Å²) in [6.07, 6.45) is 0. The molecule has 8 nitrogen and oxygen atoms in total. The van der Waals surface area contributed by atoms with Gasteiger partial charge in [0.15, 0.2) is 0 Å². The molecule has 1 atom stereocenters. The number of ether oxygens (including phenoxy) is 1. The van der Waals surface area contributed by atoms with Crippen LogP contribution < -0.4 is 10.5 Å². The Morgan fingerprint density at radius 2 is 1.95 bits per heavy atom. The highest BCUT2D eigenvalue weighted by Crippen LogP contribution is 2.15. The van der Waals surface area contributed by atoms with Gasteiger partial charge < -0.3 is 15.2 Å². The van der Waals surface area contributed by atoms with Gasteiger partial charge in [0.25, 0.3) is 5.91 Å². The average Bonchev–Trinajstić information content (AvgIpc) is 2.42. The minimum absolute atomic E-state index is 0.139. The van der Waals surface area contributed by atoms with Crippen LogP contribution in [0.2, 0.25) is 0 Å². The second-order valence-corrected chi connectivity index (χ2v) is 5.91. The average molecular weight is 316 g/mol. The van der Waals surface area contributed by atoms with Gasteiger partial charge in [-0.05, 0) is 18.6 Å². The van der Waals surface area contributed by atoms with Crippen molar-refractivity contribution in [1.29, 1.82) is 0 Å². The van der Waals surface area contributed by atoms with Crippen LogP contribution >= 0.6 is 0 Å². The summed E-state index contributed by atoms with van der Waals surface area (Å²) < 4.78 is 27.5. The first-order valence-corrected chi connectivity index (χ1v) is 7.35. The predicted molar refractivity (Wildman–Crippen MR) is 72.7 cm³/mol. The fourth-order valence-corrected chi connectivity index (χ4v) is 2.32. The molecule has 0 aliphatic rings. The molecule has 1 unspecified atom stereocenters. The number of carbonyl (C=O) groups excluding carboxylic acids is 1. The van der Waals surface area contributed by atoms with Gasteiger partial charge in [-0.2, -0.15) is 0 Å². The normalized spacial score (nSPS) is 14.2. The van der Waals surface area contributed by atoms with Crippen LogP contribution in [0.1, 0.15) is 12.5 Å². The number of carboxylic acid groups (broad SMARTS) is 1. The number of amides is 1. The van der Waals surface area contributed by atoms with Crippen molar-refractivity contribution in [2.24, 2.45) is 5.14 Å². The van der Waals surface area contributed by atoms with Crippen molar-refractivity contribution >= 4 is 21.9 Å². The van der Waals surface area contributed by atoms with Crippen molar-refractivity contribution in [3.63, 3.8) is 0 Å². The van der Waals surface area contributed by atoms with Crippen molar-refractivity contribution in [3.8, 4) is 0 Å². The summed E-state index contributed by atoms with van der Waals surface area (Å²) >= 11 is 0. The van der Waals surface area contributed by atoms with Crippen LogP contribution in [0.3, 0.4) is 0 Å². The van der Waals surface area contributed by atoms with Gasteiger partial charge in [0.1, 0.15) is 0 Å². The van der Waals surface area contributed by atoms with Crippen LogP contribution in [0.15, 0.2) is 29.2 Å². The number of hydrogen-bond donors (Lipinski definition) is 3. The third-order valence-corrected chi connectivity index (χ3v) is 3.98. The van der Waals surface area contributed by atoms with E-state index in [0.717, 1.165) is 14.0 Å². The third-order valence-electron chi connectivity index (χ3n) is 2.97. The molecule has 116 valence electrons. The molecule has 1 amide bonds. The van der Waals surface area contributed by atoms with Crippen molar-refractivity contribution in [2.45, 2.75) is 24.0 Å². The van der Waals surface area contributed by atoms with E-state index in [2.05, 4.69) is 5.32 Å². The zero-order valence-corrected chi connectivity index (χ0v) is 12.3. The lowest BCUT2D eigenvalue weighted by Crippen LogP contribution is -2.51. The number of nitrogens with one attached hydrogen (secondary N) is 1. The second kappa shape index (κ2) is 6.20. The number of aliphatic carboxylic acids is 1. The molecule has 0 aliphatic heterocycles. The maximum atomic E-state index is 11.9. The zero-order chi connectivity index (χ0) is 16.3. The van der Waals surface area contributed by atoms with Crippen LogP contribution in [0.25, 0.3) is 0 Å². The molecular weight excluding hydrogens is 300 g/mol. The number of methoxy groups -OCH3 is 1. The van der Waals surface area contributed by atoms with E-state index in [0.29, 0.717) is 0 Å². The van der Waals surface area contributed by atoms with Gasteiger partial charge in [0, 0.05) is 13.7 Å². The fourth-order valence-electron chi connectivity index (χ4n) is 1.55. The molecule has 0 heterocycles. The first-order valence-electron chi connectivity index (χ1n) is 5.80. The minimum Gasteiger partial charge on any atom is -0.479 e. The minimum atomic E-state index is -3.94.